The highest BCUT2D eigenvalue weighted by atomic mass is 35.5. The van der Waals surface area contributed by atoms with Crippen LogP contribution in [0.3, 0.4) is 0 Å². The van der Waals surface area contributed by atoms with Crippen LogP contribution in [0.2, 0.25) is 5.02 Å². The molecule has 25 heavy (non-hydrogen) atoms. The predicted molar refractivity (Wildman–Crippen MR) is 91.8 cm³/mol. The van der Waals surface area contributed by atoms with E-state index in [1.54, 1.807) is 41.2 Å². The first kappa shape index (κ1) is 16.7. The third kappa shape index (κ3) is 4.03. The number of benzene rings is 2. The summed E-state index contributed by atoms with van der Waals surface area (Å²) in [5.41, 5.74) is 1.57. The molecule has 2 aromatic carbocycles. The van der Waals surface area contributed by atoms with Crippen molar-refractivity contribution in [3.05, 3.63) is 82.3 Å². The number of aromatic nitrogens is 2. The smallest absolute Gasteiger partial charge is 0.256 e. The van der Waals surface area contributed by atoms with E-state index in [4.69, 9.17) is 16.9 Å². The molecule has 1 heterocycles. The highest BCUT2D eigenvalue weighted by molar-refractivity contribution is 6.33. The van der Waals surface area contributed by atoms with Crippen molar-refractivity contribution in [2.45, 2.75) is 6.54 Å². The second-order valence-corrected chi connectivity index (χ2v) is 5.70. The Morgan fingerprint density at radius 3 is 2.76 bits per heavy atom. The molecule has 1 aromatic heterocycles. The minimum absolute atomic E-state index is 0.219. The SMILES string of the molecule is N#Cc1cccc(C(=O)Nc2nn(Cc3ccc(F)cc3)cc2Cl)c1. The van der Waals surface area contributed by atoms with Gasteiger partial charge in [0, 0.05) is 11.8 Å². The molecule has 3 rings (SSSR count). The van der Waals surface area contributed by atoms with Crippen LogP contribution < -0.4 is 5.32 Å². The maximum atomic E-state index is 12.9. The Labute approximate surface area is 148 Å². The number of carbonyl (C=O) groups is 1. The number of hydrogen-bond acceptors (Lipinski definition) is 3. The molecule has 0 saturated heterocycles. The van der Waals surface area contributed by atoms with Gasteiger partial charge < -0.3 is 5.32 Å². The van der Waals surface area contributed by atoms with E-state index in [1.165, 1.54) is 18.2 Å². The monoisotopic (exact) mass is 354 g/mol. The zero-order valence-corrected chi connectivity index (χ0v) is 13.7. The second-order valence-electron chi connectivity index (χ2n) is 5.30. The molecule has 3 aromatic rings. The van der Waals surface area contributed by atoms with Crippen molar-refractivity contribution in [2.75, 3.05) is 5.32 Å². The molecule has 124 valence electrons. The van der Waals surface area contributed by atoms with Gasteiger partial charge in [-0.1, -0.05) is 29.8 Å². The van der Waals surface area contributed by atoms with Crippen LogP contribution in [0.5, 0.6) is 0 Å². The molecule has 0 aliphatic rings. The van der Waals surface area contributed by atoms with E-state index < -0.39 is 5.91 Å². The molecule has 7 heteroatoms. The molecule has 5 nitrogen and oxygen atoms in total. The summed E-state index contributed by atoms with van der Waals surface area (Å²) in [6, 6.07) is 14.3. The number of amides is 1. The molecular weight excluding hydrogens is 343 g/mol. The number of nitriles is 1. The lowest BCUT2D eigenvalue weighted by molar-refractivity contribution is 0.102. The first-order valence-corrected chi connectivity index (χ1v) is 7.72. The lowest BCUT2D eigenvalue weighted by Gasteiger charge is -2.04. The Bertz CT molecular complexity index is 960. The van der Waals surface area contributed by atoms with Crippen molar-refractivity contribution in [1.29, 1.82) is 5.26 Å². The van der Waals surface area contributed by atoms with E-state index in [0.29, 0.717) is 17.7 Å². The van der Waals surface area contributed by atoms with Gasteiger partial charge in [0.05, 0.1) is 18.2 Å². The average Bonchev–Trinajstić information content (AvgIpc) is 2.96. The third-order valence-electron chi connectivity index (χ3n) is 3.46. The molecule has 0 aliphatic heterocycles. The number of halogens is 2. The molecule has 0 fully saturated rings. The summed E-state index contributed by atoms with van der Waals surface area (Å²) < 4.78 is 14.5. The molecule has 0 aliphatic carbocycles. The first-order valence-electron chi connectivity index (χ1n) is 7.34. The molecule has 0 atom stereocenters. The normalized spacial score (nSPS) is 10.3. The lowest BCUT2D eigenvalue weighted by atomic mass is 10.1. The minimum Gasteiger partial charge on any atom is -0.304 e. The highest BCUT2D eigenvalue weighted by Gasteiger charge is 2.13. The van der Waals surface area contributed by atoms with Gasteiger partial charge in [-0.25, -0.2) is 4.39 Å². The van der Waals surface area contributed by atoms with E-state index in [9.17, 15) is 9.18 Å². The summed E-state index contributed by atoms with van der Waals surface area (Å²) >= 11 is 6.12. The van der Waals surface area contributed by atoms with Gasteiger partial charge in [0.25, 0.3) is 5.91 Å². The van der Waals surface area contributed by atoms with Crippen LogP contribution in [0.25, 0.3) is 0 Å². The van der Waals surface area contributed by atoms with E-state index in [-0.39, 0.29) is 16.7 Å². The molecular formula is C18H12ClFN4O. The topological polar surface area (TPSA) is 70.7 Å². The van der Waals surface area contributed by atoms with Crippen molar-refractivity contribution in [2.24, 2.45) is 0 Å². The van der Waals surface area contributed by atoms with Crippen molar-refractivity contribution in [1.82, 2.24) is 9.78 Å². The van der Waals surface area contributed by atoms with Crippen LogP contribution in [0, 0.1) is 17.1 Å². The van der Waals surface area contributed by atoms with Gasteiger partial charge in [-0.3, -0.25) is 9.48 Å². The van der Waals surface area contributed by atoms with Crippen LogP contribution in [-0.2, 0) is 6.54 Å². The Morgan fingerprint density at radius 2 is 2.04 bits per heavy atom. The highest BCUT2D eigenvalue weighted by Crippen LogP contribution is 2.21. The third-order valence-corrected chi connectivity index (χ3v) is 3.74. The zero-order chi connectivity index (χ0) is 17.8. The van der Waals surface area contributed by atoms with Gasteiger partial charge in [0.2, 0.25) is 0 Å². The van der Waals surface area contributed by atoms with E-state index >= 15 is 0 Å². The van der Waals surface area contributed by atoms with Gasteiger partial charge in [-0.2, -0.15) is 10.4 Å². The fourth-order valence-electron chi connectivity index (χ4n) is 2.25. The summed E-state index contributed by atoms with van der Waals surface area (Å²) in [4.78, 5) is 12.3. The van der Waals surface area contributed by atoms with Crippen molar-refractivity contribution >= 4 is 23.3 Å². The van der Waals surface area contributed by atoms with Crippen LogP contribution in [0.1, 0.15) is 21.5 Å². The van der Waals surface area contributed by atoms with Gasteiger partial charge in [0.15, 0.2) is 5.82 Å². The van der Waals surface area contributed by atoms with E-state index in [2.05, 4.69) is 10.4 Å². The number of nitrogens with zero attached hydrogens (tertiary/aromatic N) is 3. The average molecular weight is 355 g/mol. The van der Waals surface area contributed by atoms with Crippen molar-refractivity contribution < 1.29 is 9.18 Å². The van der Waals surface area contributed by atoms with Crippen LogP contribution in [-0.4, -0.2) is 15.7 Å². The summed E-state index contributed by atoms with van der Waals surface area (Å²) in [5.74, 6) is -0.503. The molecule has 0 radical (unpaired) electrons. The lowest BCUT2D eigenvalue weighted by Crippen LogP contribution is -2.13. The summed E-state index contributed by atoms with van der Waals surface area (Å²) in [5, 5.41) is 16.0. The van der Waals surface area contributed by atoms with Gasteiger partial charge >= 0.3 is 0 Å². The summed E-state index contributed by atoms with van der Waals surface area (Å²) in [6.07, 6.45) is 1.58. The fourth-order valence-corrected chi connectivity index (χ4v) is 2.45. The summed E-state index contributed by atoms with van der Waals surface area (Å²) in [6.45, 7) is 0.389. The maximum Gasteiger partial charge on any atom is 0.256 e. The van der Waals surface area contributed by atoms with Gasteiger partial charge in [-0.05, 0) is 35.9 Å². The van der Waals surface area contributed by atoms with E-state index in [0.717, 1.165) is 5.56 Å². The number of anilines is 1. The number of hydrogen-bond donors (Lipinski definition) is 1. The predicted octanol–water partition coefficient (Wildman–Crippen LogP) is 3.85. The second kappa shape index (κ2) is 7.16. The molecule has 0 unspecified atom stereocenters. The van der Waals surface area contributed by atoms with Crippen LogP contribution >= 0.6 is 11.6 Å². The molecule has 0 bridgehead atoms. The minimum atomic E-state index is -0.411. The Balaban J connectivity index is 1.75. The van der Waals surface area contributed by atoms with Crippen LogP contribution in [0.15, 0.2) is 54.7 Å². The van der Waals surface area contributed by atoms with Gasteiger partial charge in [0.1, 0.15) is 10.8 Å². The fraction of sp³-hybridized carbons (Fsp3) is 0.0556. The number of rotatable bonds is 4. The maximum absolute atomic E-state index is 12.9. The molecule has 0 saturated carbocycles. The standard InChI is InChI=1S/C18H12ClFN4O/c19-16-11-24(10-12-4-6-15(20)7-5-12)23-17(16)22-18(25)14-3-1-2-13(8-14)9-21/h1-8,11H,10H2,(H,22,23,25). The Hall–Kier alpha value is -3.17. The zero-order valence-electron chi connectivity index (χ0n) is 12.9. The molecule has 0 spiro atoms. The van der Waals surface area contributed by atoms with Crippen molar-refractivity contribution in [3.63, 3.8) is 0 Å². The quantitative estimate of drug-likeness (QED) is 0.773. The molecule has 1 N–H and O–H groups in total. The molecule has 1 amide bonds. The summed E-state index contributed by atoms with van der Waals surface area (Å²) in [7, 11) is 0. The Morgan fingerprint density at radius 1 is 1.28 bits per heavy atom. The number of nitrogens with one attached hydrogen (secondary N) is 1. The van der Waals surface area contributed by atoms with Crippen LogP contribution in [0.4, 0.5) is 10.2 Å². The van der Waals surface area contributed by atoms with E-state index in [1.807, 2.05) is 6.07 Å². The van der Waals surface area contributed by atoms with Gasteiger partial charge in [-0.15, -0.1) is 0 Å². The largest absolute Gasteiger partial charge is 0.304 e. The first-order chi connectivity index (χ1) is 12.0. The number of carbonyl (C=O) groups excluding carboxylic acids is 1. The Kier molecular flexibility index (Phi) is 4.78. The van der Waals surface area contributed by atoms with Crippen molar-refractivity contribution in [3.8, 4) is 6.07 Å².